The van der Waals surface area contributed by atoms with Crippen molar-refractivity contribution >= 4 is 39.6 Å². The average molecular weight is 847 g/mol. The molecule has 0 bridgehead atoms. The van der Waals surface area contributed by atoms with E-state index in [2.05, 4.69) is 39.4 Å². The molecule has 0 atom stereocenters. The molecule has 3 heterocycles. The number of benzene rings is 3. The molecule has 3 aromatic carbocycles. The van der Waals surface area contributed by atoms with Gasteiger partial charge in [-0.3, -0.25) is 0 Å². The van der Waals surface area contributed by atoms with Gasteiger partial charge in [-0.25, -0.2) is 8.78 Å². The Morgan fingerprint density at radius 3 is 2.20 bits per heavy atom. The summed E-state index contributed by atoms with van der Waals surface area (Å²) >= 11 is -2.14. The molecule has 0 saturated carbocycles. The number of halogens is 2. The summed E-state index contributed by atoms with van der Waals surface area (Å²) in [6, 6.07) is 22.4. The molecule has 0 unspecified atom stereocenters. The Kier molecular flexibility index (Phi) is 8.77. The van der Waals surface area contributed by atoms with Crippen LogP contribution in [0, 0.1) is 30.6 Å². The SMILES string of the molecule is [2H]C(C)(C)c1cc(-c2[c-]ccc3c2oc2cc(F)ccc23)ncc1F.[2H]C([2H])([2H])c1c[c-]c(-c2cc(C([2H])(C)C)[c]([Ge]([CH3])([CH3])[CH3])cn2)cc1.[Ir]. The van der Waals surface area contributed by atoms with Crippen molar-refractivity contribution in [3.63, 3.8) is 0 Å². The molecule has 3 aromatic heterocycles. The van der Waals surface area contributed by atoms with Crippen LogP contribution in [0.1, 0.15) is 63.0 Å². The molecule has 6 aromatic rings. The van der Waals surface area contributed by atoms with E-state index >= 15 is 0 Å². The van der Waals surface area contributed by atoms with Crippen molar-refractivity contribution < 1.29 is 40.2 Å². The molecule has 0 spiro atoms. The number of hydrogen-bond acceptors (Lipinski definition) is 3. The Morgan fingerprint density at radius 2 is 1.56 bits per heavy atom. The molecule has 45 heavy (non-hydrogen) atoms. The minimum Gasteiger partial charge on any atom is 0 e. The summed E-state index contributed by atoms with van der Waals surface area (Å²) in [6.07, 6.45) is 3.02. The second-order valence-electron chi connectivity index (χ2n) is 12.2. The van der Waals surface area contributed by atoms with Gasteiger partial charge in [0.25, 0.3) is 0 Å². The number of rotatable bonds is 5. The van der Waals surface area contributed by atoms with Crippen molar-refractivity contribution in [2.24, 2.45) is 0 Å². The predicted molar refractivity (Wildman–Crippen MR) is 180 cm³/mol. The third kappa shape index (κ3) is 7.62. The zero-order valence-corrected chi connectivity index (χ0v) is 30.8. The Bertz CT molecular complexity index is 2150. The number of aryl methyl sites for hydroxylation is 1. The molecule has 3 nitrogen and oxygen atoms in total. The van der Waals surface area contributed by atoms with E-state index in [0.29, 0.717) is 22.4 Å². The van der Waals surface area contributed by atoms with Crippen molar-refractivity contribution in [2.45, 2.75) is 63.6 Å². The van der Waals surface area contributed by atoms with E-state index < -0.39 is 37.7 Å². The molecule has 0 aliphatic heterocycles. The minimum atomic E-state index is -2.14. The molecule has 0 N–H and O–H groups in total. The fourth-order valence-corrected chi connectivity index (χ4v) is 8.38. The van der Waals surface area contributed by atoms with Gasteiger partial charge >= 0.3 is 131 Å². The Morgan fingerprint density at radius 1 is 0.844 bits per heavy atom. The van der Waals surface area contributed by atoms with Gasteiger partial charge in [0.1, 0.15) is 17.2 Å². The molecule has 0 saturated heterocycles. The monoisotopic (exact) mass is 848 g/mol. The van der Waals surface area contributed by atoms with Gasteiger partial charge in [-0.2, -0.15) is 0 Å². The van der Waals surface area contributed by atoms with Crippen molar-refractivity contribution in [1.82, 2.24) is 9.97 Å². The predicted octanol–water partition coefficient (Wildman–Crippen LogP) is 10.4. The maximum Gasteiger partial charge on any atom is 0 e. The second kappa shape index (κ2) is 14.1. The number of furan rings is 1. The first-order valence-electron chi connectivity index (χ1n) is 16.9. The van der Waals surface area contributed by atoms with Crippen molar-refractivity contribution in [2.75, 3.05) is 0 Å². The van der Waals surface area contributed by atoms with Crippen LogP contribution in [0.3, 0.4) is 0 Å². The Hall–Kier alpha value is -3.19. The first kappa shape index (κ1) is 28.1. The Balaban J connectivity index is 0.000000221. The molecule has 1 radical (unpaired) electrons. The number of aromatic nitrogens is 2. The van der Waals surface area contributed by atoms with Gasteiger partial charge in [0, 0.05) is 32.9 Å². The van der Waals surface area contributed by atoms with Gasteiger partial charge in [-0.05, 0) is 29.3 Å². The fraction of sp³-hybridized carbons (Fsp3) is 0.263. The van der Waals surface area contributed by atoms with E-state index in [0.717, 1.165) is 33.8 Å². The quantitative estimate of drug-likeness (QED) is 0.128. The van der Waals surface area contributed by atoms with E-state index in [4.69, 9.17) is 11.3 Å². The van der Waals surface area contributed by atoms with Gasteiger partial charge in [0.05, 0.1) is 11.8 Å². The summed E-state index contributed by atoms with van der Waals surface area (Å²) in [5, 5.41) is 1.59. The molecule has 0 amide bonds. The standard InChI is InChI=1S/C20H14F2NO.C18H24GeN.Ir/c1-11(2)16-9-18(23-10-17(16)22)15-5-3-4-14-13-7-6-12(21)8-19(13)24-20(14)15;1-13(2)16-11-18(15-9-7-14(3)8-10-15)20-12-17(16)19(4,5)6;/h3-4,6-11H,1-2H3;7-9,11-13H,1-6H3;/q2*-1;/i11D;3D3,13D;. The Labute approximate surface area is 288 Å². The zero-order chi connectivity index (χ0) is 36.1. The molecule has 235 valence electrons. The minimum absolute atomic E-state index is 0. The van der Waals surface area contributed by atoms with E-state index in [1.807, 2.05) is 32.2 Å². The molecular formula is C38H38F2GeIrN2O-2. The zero-order valence-electron chi connectivity index (χ0n) is 31.3. The fourth-order valence-electron chi connectivity index (χ4n) is 5.06. The first-order valence-corrected chi connectivity index (χ1v) is 21.7. The second-order valence-corrected chi connectivity index (χ2v) is 22.8. The van der Waals surface area contributed by atoms with E-state index in [9.17, 15) is 8.78 Å². The van der Waals surface area contributed by atoms with E-state index in [1.165, 1.54) is 22.6 Å². The number of pyridine rings is 2. The van der Waals surface area contributed by atoms with Crippen LogP contribution < -0.4 is 4.40 Å². The topological polar surface area (TPSA) is 38.9 Å². The summed E-state index contributed by atoms with van der Waals surface area (Å²) in [7, 11) is 0. The van der Waals surface area contributed by atoms with Gasteiger partial charge in [-0.1, -0.05) is 30.9 Å². The van der Waals surface area contributed by atoms with Crippen LogP contribution in [0.15, 0.2) is 77.5 Å². The summed E-state index contributed by atoms with van der Waals surface area (Å²) in [5.74, 6) is 4.17. The van der Waals surface area contributed by atoms with Gasteiger partial charge < -0.3 is 9.40 Å². The van der Waals surface area contributed by atoms with Crippen LogP contribution in [0.2, 0.25) is 17.3 Å². The summed E-state index contributed by atoms with van der Waals surface area (Å²) in [6.45, 7) is 4.89. The molecule has 0 fully saturated rings. The van der Waals surface area contributed by atoms with Crippen molar-refractivity contribution in [3.8, 4) is 22.5 Å². The largest absolute Gasteiger partial charge is 0 e. The molecule has 7 heteroatoms. The van der Waals surface area contributed by atoms with Gasteiger partial charge in [0.2, 0.25) is 0 Å². The normalized spacial score (nSPS) is 13.9. The van der Waals surface area contributed by atoms with Crippen LogP contribution in [-0.2, 0) is 20.1 Å². The third-order valence-corrected chi connectivity index (χ3v) is 11.6. The van der Waals surface area contributed by atoms with Crippen LogP contribution in [0.25, 0.3) is 44.5 Å². The van der Waals surface area contributed by atoms with E-state index in [-0.39, 0.29) is 37.0 Å². The van der Waals surface area contributed by atoms with Crippen LogP contribution in [0.4, 0.5) is 8.78 Å². The maximum absolute atomic E-state index is 14.0. The maximum atomic E-state index is 14.0. The molecular weight excluding hydrogens is 803 g/mol. The average Bonchev–Trinajstić information content (AvgIpc) is 3.37. The van der Waals surface area contributed by atoms with Crippen LogP contribution in [-0.4, -0.2) is 23.2 Å². The van der Waals surface area contributed by atoms with E-state index in [1.54, 1.807) is 44.2 Å². The summed E-state index contributed by atoms with van der Waals surface area (Å²) in [5.41, 5.74) is 4.96. The smallest absolute Gasteiger partial charge is 0 e. The molecule has 6 rings (SSSR count). The summed E-state index contributed by atoms with van der Waals surface area (Å²) < 4.78 is 73.5. The molecule has 0 aliphatic rings. The molecule has 0 aliphatic carbocycles. The number of nitrogens with zero attached hydrogens (tertiary/aromatic N) is 2. The van der Waals surface area contributed by atoms with Crippen molar-refractivity contribution in [1.29, 1.82) is 0 Å². The number of hydrogen-bond donors (Lipinski definition) is 0. The van der Waals surface area contributed by atoms with Crippen LogP contribution >= 0.6 is 0 Å². The van der Waals surface area contributed by atoms with Crippen LogP contribution in [0.5, 0.6) is 0 Å². The van der Waals surface area contributed by atoms with Crippen molar-refractivity contribution in [3.05, 3.63) is 114 Å². The van der Waals surface area contributed by atoms with Gasteiger partial charge in [-0.15, -0.1) is 18.2 Å². The third-order valence-electron chi connectivity index (χ3n) is 7.38. The first-order chi connectivity index (χ1) is 22.6. The number of fused-ring (bicyclic) bond motifs is 3. The summed E-state index contributed by atoms with van der Waals surface area (Å²) in [4.78, 5) is 8.71. The van der Waals surface area contributed by atoms with Gasteiger partial charge in [0.15, 0.2) is 0 Å².